The van der Waals surface area contributed by atoms with E-state index in [4.69, 9.17) is 4.98 Å². The highest BCUT2D eigenvalue weighted by molar-refractivity contribution is 8.00. The summed E-state index contributed by atoms with van der Waals surface area (Å²) >= 11 is 4.37. The Morgan fingerprint density at radius 3 is 2.69 bits per heavy atom. The summed E-state index contributed by atoms with van der Waals surface area (Å²) < 4.78 is 1.62. The maximum Gasteiger partial charge on any atom is 0.268 e. The molecule has 0 radical (unpaired) electrons. The largest absolute Gasteiger partial charge is 0.268 e. The lowest BCUT2D eigenvalue weighted by Gasteiger charge is -2.13. The van der Waals surface area contributed by atoms with Gasteiger partial charge < -0.3 is 0 Å². The quantitative estimate of drug-likeness (QED) is 0.353. The average molecular weight is 396 g/mol. The van der Waals surface area contributed by atoms with Gasteiger partial charge in [0.05, 0.1) is 22.4 Å². The molecule has 1 atom stereocenters. The van der Waals surface area contributed by atoms with Crippen molar-refractivity contribution in [2.45, 2.75) is 17.3 Å². The van der Waals surface area contributed by atoms with Crippen molar-refractivity contribution < 1.29 is 0 Å². The van der Waals surface area contributed by atoms with Gasteiger partial charge in [0.15, 0.2) is 5.16 Å². The van der Waals surface area contributed by atoms with Crippen molar-refractivity contribution in [1.82, 2.24) is 9.55 Å². The Morgan fingerprint density at radius 1 is 1.19 bits per heavy atom. The number of benzene rings is 1. The normalized spacial score (nSPS) is 12.2. The van der Waals surface area contributed by atoms with Gasteiger partial charge in [0, 0.05) is 15.8 Å². The number of fused-ring (bicyclic) bond motifs is 1. The van der Waals surface area contributed by atoms with Gasteiger partial charge in [-0.1, -0.05) is 36.0 Å². The van der Waals surface area contributed by atoms with E-state index in [9.17, 15) is 10.1 Å². The number of aromatic nitrogens is 2. The van der Waals surface area contributed by atoms with E-state index in [1.165, 1.54) is 23.1 Å². The molecule has 0 N–H and O–H groups in total. The van der Waals surface area contributed by atoms with Crippen LogP contribution in [0.5, 0.6) is 0 Å². The summed E-state index contributed by atoms with van der Waals surface area (Å²) in [5, 5.41) is 14.1. The second-order valence-corrected chi connectivity index (χ2v) is 8.68. The lowest BCUT2D eigenvalue weighted by atomic mass is 10.2. The maximum atomic E-state index is 13.4. The van der Waals surface area contributed by atoms with Crippen molar-refractivity contribution in [3.8, 4) is 22.2 Å². The molecule has 0 saturated heterocycles. The molecular formula is C19H13N3OS3. The van der Waals surface area contributed by atoms with Crippen LogP contribution in [0.25, 0.3) is 26.3 Å². The topological polar surface area (TPSA) is 58.7 Å². The van der Waals surface area contributed by atoms with E-state index < -0.39 is 0 Å². The second kappa shape index (κ2) is 7.08. The van der Waals surface area contributed by atoms with E-state index in [2.05, 4.69) is 6.07 Å². The molecule has 0 aliphatic heterocycles. The summed E-state index contributed by atoms with van der Waals surface area (Å²) in [7, 11) is 0. The molecular weight excluding hydrogens is 382 g/mol. The predicted octanol–water partition coefficient (Wildman–Crippen LogP) is 5.18. The first-order chi connectivity index (χ1) is 12.7. The van der Waals surface area contributed by atoms with Crippen LogP contribution in [-0.4, -0.2) is 14.8 Å². The zero-order chi connectivity index (χ0) is 18.1. The molecule has 0 aliphatic carbocycles. The summed E-state index contributed by atoms with van der Waals surface area (Å²) in [6.45, 7) is 1.81. The van der Waals surface area contributed by atoms with E-state index >= 15 is 0 Å². The third-order valence-corrected chi connectivity index (χ3v) is 6.56. The van der Waals surface area contributed by atoms with Crippen molar-refractivity contribution in [3.05, 3.63) is 63.6 Å². The molecule has 0 aliphatic rings. The number of hydrogen-bond donors (Lipinski definition) is 0. The Kier molecular flexibility index (Phi) is 4.64. The van der Waals surface area contributed by atoms with E-state index in [0.29, 0.717) is 15.4 Å². The highest BCUT2D eigenvalue weighted by Crippen LogP contribution is 2.35. The second-order valence-electron chi connectivity index (χ2n) is 5.57. The zero-order valence-corrected chi connectivity index (χ0v) is 16.2. The SMILES string of the molecule is CC(C#N)Sc1nc2scc(-c3cccs3)c2c(=O)n1-c1ccccc1. The number of thiophene rings is 2. The van der Waals surface area contributed by atoms with Gasteiger partial charge in [0.1, 0.15) is 4.83 Å². The van der Waals surface area contributed by atoms with Crippen molar-refractivity contribution in [2.24, 2.45) is 0 Å². The van der Waals surface area contributed by atoms with Crippen molar-refractivity contribution in [3.63, 3.8) is 0 Å². The minimum absolute atomic E-state index is 0.0986. The van der Waals surface area contributed by atoms with Crippen molar-refractivity contribution in [2.75, 3.05) is 0 Å². The fourth-order valence-corrected chi connectivity index (χ4v) is 5.27. The standard InChI is InChI=1S/C19H13N3OS3/c1-12(10-20)26-19-21-17-16(14(11-25-17)15-8-5-9-24-15)18(23)22(19)13-6-3-2-4-7-13/h2-9,11-12H,1H3. The lowest BCUT2D eigenvalue weighted by Crippen LogP contribution is -2.22. The minimum atomic E-state index is -0.300. The molecule has 7 heteroatoms. The third-order valence-electron chi connectivity index (χ3n) is 3.84. The highest BCUT2D eigenvalue weighted by atomic mass is 32.2. The maximum absolute atomic E-state index is 13.4. The van der Waals surface area contributed by atoms with Gasteiger partial charge in [-0.25, -0.2) is 4.98 Å². The predicted molar refractivity (Wildman–Crippen MR) is 109 cm³/mol. The molecule has 4 nitrogen and oxygen atoms in total. The molecule has 3 heterocycles. The average Bonchev–Trinajstić information content (AvgIpc) is 3.32. The molecule has 0 bridgehead atoms. The summed E-state index contributed by atoms with van der Waals surface area (Å²) in [6.07, 6.45) is 0. The number of hydrogen-bond acceptors (Lipinski definition) is 6. The molecule has 128 valence electrons. The van der Waals surface area contributed by atoms with Crippen LogP contribution in [0.2, 0.25) is 0 Å². The molecule has 0 amide bonds. The zero-order valence-electron chi connectivity index (χ0n) is 13.7. The van der Waals surface area contributed by atoms with Crippen LogP contribution in [0.1, 0.15) is 6.92 Å². The Labute approximate surface area is 162 Å². The molecule has 4 rings (SSSR count). The Balaban J connectivity index is 2.03. The smallest absolute Gasteiger partial charge is 0.268 e. The fraction of sp³-hybridized carbons (Fsp3) is 0.105. The van der Waals surface area contributed by atoms with Crippen LogP contribution in [-0.2, 0) is 0 Å². The Hall–Kier alpha value is -2.40. The monoisotopic (exact) mass is 395 g/mol. The number of thioether (sulfide) groups is 1. The summed E-state index contributed by atoms with van der Waals surface area (Å²) in [6, 6.07) is 15.6. The summed E-state index contributed by atoms with van der Waals surface area (Å²) in [5.41, 5.74) is 1.58. The Bertz CT molecular complexity index is 1150. The highest BCUT2D eigenvalue weighted by Gasteiger charge is 2.20. The van der Waals surface area contributed by atoms with E-state index in [1.807, 2.05) is 60.1 Å². The van der Waals surface area contributed by atoms with Gasteiger partial charge in [-0.15, -0.1) is 22.7 Å². The first kappa shape index (κ1) is 17.0. The van der Waals surface area contributed by atoms with Gasteiger partial charge in [-0.05, 0) is 30.5 Å². The van der Waals surface area contributed by atoms with E-state index in [0.717, 1.165) is 16.1 Å². The van der Waals surface area contributed by atoms with Gasteiger partial charge >= 0.3 is 0 Å². The number of nitrogens with zero attached hydrogens (tertiary/aromatic N) is 3. The summed E-state index contributed by atoms with van der Waals surface area (Å²) in [5.74, 6) is 0. The first-order valence-electron chi connectivity index (χ1n) is 7.89. The first-order valence-corrected chi connectivity index (χ1v) is 10.5. The van der Waals surface area contributed by atoms with E-state index in [-0.39, 0.29) is 10.8 Å². The van der Waals surface area contributed by atoms with Gasteiger partial charge in [-0.2, -0.15) is 5.26 Å². The molecule has 3 aromatic heterocycles. The number of rotatable bonds is 4. The minimum Gasteiger partial charge on any atom is -0.268 e. The lowest BCUT2D eigenvalue weighted by molar-refractivity contribution is 0.821. The van der Waals surface area contributed by atoms with Gasteiger partial charge in [-0.3, -0.25) is 9.36 Å². The van der Waals surface area contributed by atoms with Crippen LogP contribution in [0.3, 0.4) is 0 Å². The van der Waals surface area contributed by atoms with Crippen LogP contribution >= 0.6 is 34.4 Å². The van der Waals surface area contributed by atoms with Crippen LogP contribution in [0, 0.1) is 11.3 Å². The van der Waals surface area contributed by atoms with E-state index in [1.54, 1.807) is 15.9 Å². The fourth-order valence-electron chi connectivity index (χ4n) is 2.65. The molecule has 1 aromatic carbocycles. The Morgan fingerprint density at radius 2 is 2.00 bits per heavy atom. The van der Waals surface area contributed by atoms with Crippen LogP contribution in [0.15, 0.2) is 63.2 Å². The molecule has 0 saturated carbocycles. The number of para-hydroxylation sites is 1. The van der Waals surface area contributed by atoms with Crippen molar-refractivity contribution >= 4 is 44.7 Å². The van der Waals surface area contributed by atoms with Crippen molar-refractivity contribution in [1.29, 1.82) is 5.26 Å². The van der Waals surface area contributed by atoms with Gasteiger partial charge in [0.25, 0.3) is 5.56 Å². The summed E-state index contributed by atoms with van der Waals surface area (Å²) in [4.78, 5) is 19.9. The molecule has 0 fully saturated rings. The molecule has 26 heavy (non-hydrogen) atoms. The molecule has 1 unspecified atom stereocenters. The molecule has 4 aromatic rings. The van der Waals surface area contributed by atoms with Crippen LogP contribution in [0.4, 0.5) is 0 Å². The third kappa shape index (κ3) is 2.97. The number of nitriles is 1. The van der Waals surface area contributed by atoms with Gasteiger partial charge in [0.2, 0.25) is 0 Å². The van der Waals surface area contributed by atoms with Crippen LogP contribution < -0.4 is 5.56 Å². The molecule has 0 spiro atoms.